The maximum absolute atomic E-state index is 5.34. The first kappa shape index (κ1) is 13.3. The van der Waals surface area contributed by atoms with Crippen LogP contribution in [0.4, 0.5) is 0 Å². The van der Waals surface area contributed by atoms with Crippen LogP contribution in [0.15, 0.2) is 0 Å². The Labute approximate surface area is 106 Å². The van der Waals surface area contributed by atoms with Crippen molar-refractivity contribution in [1.29, 1.82) is 0 Å². The molecule has 0 aromatic rings. The summed E-state index contributed by atoms with van der Waals surface area (Å²) in [6, 6.07) is 2.01. The fourth-order valence-electron chi connectivity index (χ4n) is 3.16. The molecule has 2 rings (SSSR count). The van der Waals surface area contributed by atoms with Crippen molar-refractivity contribution in [1.82, 2.24) is 10.2 Å². The van der Waals surface area contributed by atoms with Gasteiger partial charge in [-0.2, -0.15) is 0 Å². The molecular weight excluding hydrogens is 212 g/mol. The molecule has 1 N–H and O–H groups in total. The smallest absolute Gasteiger partial charge is 0.0615 e. The number of methoxy groups -OCH3 is 1. The molecule has 1 aliphatic carbocycles. The van der Waals surface area contributed by atoms with Gasteiger partial charge in [0.1, 0.15) is 0 Å². The third-order valence-corrected chi connectivity index (χ3v) is 4.25. The molecule has 0 radical (unpaired) electrons. The highest BCUT2D eigenvalue weighted by Crippen LogP contribution is 2.37. The molecule has 0 bridgehead atoms. The second-order valence-corrected chi connectivity index (χ2v) is 5.80. The van der Waals surface area contributed by atoms with Crippen LogP contribution in [0.5, 0.6) is 0 Å². The summed E-state index contributed by atoms with van der Waals surface area (Å²) in [7, 11) is 1.81. The van der Waals surface area contributed by atoms with Gasteiger partial charge in [-0.25, -0.2) is 0 Å². The third-order valence-electron chi connectivity index (χ3n) is 4.25. The highest BCUT2D eigenvalue weighted by Gasteiger charge is 2.40. The molecule has 1 saturated carbocycles. The molecule has 2 fully saturated rings. The average molecular weight is 240 g/mol. The van der Waals surface area contributed by atoms with E-state index in [-0.39, 0.29) is 0 Å². The lowest BCUT2D eigenvalue weighted by Gasteiger charge is -2.44. The number of nitrogens with zero attached hydrogens (tertiary/aromatic N) is 1. The van der Waals surface area contributed by atoms with Crippen molar-refractivity contribution < 1.29 is 4.74 Å². The lowest BCUT2D eigenvalue weighted by atomic mass is 10.0. The van der Waals surface area contributed by atoms with E-state index in [1.54, 1.807) is 0 Å². The summed E-state index contributed by atoms with van der Waals surface area (Å²) in [5.74, 6) is 0.949. The van der Waals surface area contributed by atoms with Crippen LogP contribution in [0.3, 0.4) is 0 Å². The van der Waals surface area contributed by atoms with Crippen molar-refractivity contribution in [2.24, 2.45) is 5.92 Å². The maximum Gasteiger partial charge on any atom is 0.0615 e. The van der Waals surface area contributed by atoms with E-state index in [1.165, 1.54) is 38.8 Å². The number of hydrogen-bond donors (Lipinski definition) is 1. The van der Waals surface area contributed by atoms with E-state index in [0.717, 1.165) is 18.6 Å². The van der Waals surface area contributed by atoms with Gasteiger partial charge in [0.2, 0.25) is 0 Å². The molecule has 3 unspecified atom stereocenters. The number of nitrogens with one attached hydrogen (secondary N) is 1. The summed E-state index contributed by atoms with van der Waals surface area (Å²) in [4.78, 5) is 2.71. The van der Waals surface area contributed by atoms with Crippen LogP contribution in [0, 0.1) is 5.92 Å². The Hall–Kier alpha value is -0.120. The van der Waals surface area contributed by atoms with Gasteiger partial charge in [0.05, 0.1) is 6.61 Å². The molecule has 1 saturated heterocycles. The van der Waals surface area contributed by atoms with Crippen molar-refractivity contribution in [3.63, 3.8) is 0 Å². The van der Waals surface area contributed by atoms with E-state index < -0.39 is 0 Å². The standard InChI is InChI=1S/C14H28N2O/c1-4-5-13-9-16(11(2)10-17-3)14(8-15-13)12-6-7-12/h11-15H,4-10H2,1-3H3. The first-order valence-electron chi connectivity index (χ1n) is 7.24. The van der Waals surface area contributed by atoms with Gasteiger partial charge in [-0.3, -0.25) is 4.90 Å². The number of hydrogen-bond acceptors (Lipinski definition) is 3. The van der Waals surface area contributed by atoms with Crippen molar-refractivity contribution in [3.8, 4) is 0 Å². The summed E-state index contributed by atoms with van der Waals surface area (Å²) in [6.07, 6.45) is 5.44. The first-order chi connectivity index (χ1) is 8.26. The fraction of sp³-hybridized carbons (Fsp3) is 1.00. The van der Waals surface area contributed by atoms with Crippen LogP contribution < -0.4 is 5.32 Å². The number of rotatable bonds is 6. The van der Waals surface area contributed by atoms with Gasteiger partial charge in [-0.05, 0) is 32.1 Å². The summed E-state index contributed by atoms with van der Waals surface area (Å²) >= 11 is 0. The second-order valence-electron chi connectivity index (χ2n) is 5.80. The summed E-state index contributed by atoms with van der Waals surface area (Å²) in [5.41, 5.74) is 0. The zero-order valence-electron chi connectivity index (χ0n) is 11.6. The van der Waals surface area contributed by atoms with E-state index in [2.05, 4.69) is 24.1 Å². The average Bonchev–Trinajstić information content (AvgIpc) is 3.14. The van der Waals surface area contributed by atoms with Gasteiger partial charge in [0, 0.05) is 38.3 Å². The normalized spacial score (nSPS) is 32.6. The van der Waals surface area contributed by atoms with Gasteiger partial charge < -0.3 is 10.1 Å². The minimum absolute atomic E-state index is 0.562. The highest BCUT2D eigenvalue weighted by molar-refractivity contribution is 4.96. The minimum Gasteiger partial charge on any atom is -0.383 e. The van der Waals surface area contributed by atoms with Crippen LogP contribution in [-0.4, -0.2) is 49.8 Å². The van der Waals surface area contributed by atoms with Gasteiger partial charge in [-0.1, -0.05) is 13.3 Å². The van der Waals surface area contributed by atoms with Crippen LogP contribution >= 0.6 is 0 Å². The molecule has 3 atom stereocenters. The molecule has 0 aromatic heterocycles. The van der Waals surface area contributed by atoms with Crippen molar-refractivity contribution in [3.05, 3.63) is 0 Å². The Morgan fingerprint density at radius 1 is 1.41 bits per heavy atom. The number of ether oxygens (including phenoxy) is 1. The molecule has 17 heavy (non-hydrogen) atoms. The fourth-order valence-corrected chi connectivity index (χ4v) is 3.16. The summed E-state index contributed by atoms with van der Waals surface area (Å²) in [5, 5.41) is 3.74. The van der Waals surface area contributed by atoms with E-state index in [1.807, 2.05) is 7.11 Å². The first-order valence-corrected chi connectivity index (χ1v) is 7.24. The Morgan fingerprint density at radius 2 is 2.18 bits per heavy atom. The van der Waals surface area contributed by atoms with Gasteiger partial charge in [0.25, 0.3) is 0 Å². The van der Waals surface area contributed by atoms with E-state index >= 15 is 0 Å². The van der Waals surface area contributed by atoms with Crippen molar-refractivity contribution in [2.75, 3.05) is 26.8 Å². The molecule has 3 heteroatoms. The molecule has 3 nitrogen and oxygen atoms in total. The molecule has 100 valence electrons. The van der Waals surface area contributed by atoms with E-state index in [9.17, 15) is 0 Å². The van der Waals surface area contributed by atoms with Crippen molar-refractivity contribution in [2.45, 2.75) is 57.7 Å². The van der Waals surface area contributed by atoms with E-state index in [4.69, 9.17) is 4.74 Å². The maximum atomic E-state index is 5.34. The van der Waals surface area contributed by atoms with Gasteiger partial charge in [0.15, 0.2) is 0 Å². The zero-order chi connectivity index (χ0) is 12.3. The Kier molecular flexibility index (Phi) is 4.83. The molecule has 1 heterocycles. The molecular formula is C14H28N2O. The summed E-state index contributed by atoms with van der Waals surface area (Å²) in [6.45, 7) is 7.84. The molecule has 1 aliphatic heterocycles. The molecule has 0 aromatic carbocycles. The topological polar surface area (TPSA) is 24.5 Å². The predicted molar refractivity (Wildman–Crippen MR) is 71.3 cm³/mol. The van der Waals surface area contributed by atoms with Crippen LogP contribution in [-0.2, 0) is 4.74 Å². The molecule has 0 spiro atoms. The second kappa shape index (κ2) is 6.17. The quantitative estimate of drug-likeness (QED) is 0.767. The largest absolute Gasteiger partial charge is 0.383 e. The summed E-state index contributed by atoms with van der Waals surface area (Å²) < 4.78 is 5.34. The van der Waals surface area contributed by atoms with Crippen molar-refractivity contribution >= 4 is 0 Å². The lowest BCUT2D eigenvalue weighted by Crippen LogP contribution is -2.60. The molecule has 0 amide bonds. The highest BCUT2D eigenvalue weighted by atomic mass is 16.5. The van der Waals surface area contributed by atoms with Gasteiger partial charge in [-0.15, -0.1) is 0 Å². The third kappa shape index (κ3) is 3.43. The van der Waals surface area contributed by atoms with Crippen LogP contribution in [0.2, 0.25) is 0 Å². The number of piperazine rings is 1. The van der Waals surface area contributed by atoms with Crippen LogP contribution in [0.1, 0.15) is 39.5 Å². The monoisotopic (exact) mass is 240 g/mol. The lowest BCUT2D eigenvalue weighted by molar-refractivity contribution is 0.0319. The zero-order valence-corrected chi connectivity index (χ0v) is 11.6. The van der Waals surface area contributed by atoms with Gasteiger partial charge >= 0.3 is 0 Å². The minimum atomic E-state index is 0.562. The Bertz CT molecular complexity index is 230. The van der Waals surface area contributed by atoms with Crippen LogP contribution in [0.25, 0.3) is 0 Å². The Morgan fingerprint density at radius 3 is 2.76 bits per heavy atom. The molecule has 2 aliphatic rings. The van der Waals surface area contributed by atoms with E-state index in [0.29, 0.717) is 12.1 Å². The predicted octanol–water partition coefficient (Wildman–Crippen LogP) is 1.87. The Balaban J connectivity index is 1.93. The SMILES string of the molecule is CCCC1CN(C(C)COC)C(C2CC2)CN1.